The first-order valence-electron chi connectivity index (χ1n) is 14.1. The maximum atomic E-state index is 13.7. The van der Waals surface area contributed by atoms with Gasteiger partial charge in [-0.05, 0) is 23.8 Å². The van der Waals surface area contributed by atoms with Crippen molar-refractivity contribution in [3.8, 4) is 23.0 Å². The highest BCUT2D eigenvalue weighted by Crippen LogP contribution is 2.37. The maximum absolute atomic E-state index is 13.7. The topological polar surface area (TPSA) is 171 Å². The zero-order chi connectivity index (χ0) is 34.0. The summed E-state index contributed by atoms with van der Waals surface area (Å²) in [5.41, 5.74) is 0.681. The second-order valence-corrected chi connectivity index (χ2v) is 10.0. The average Bonchev–Trinajstić information content (AvgIpc) is 3.00. The molecule has 5 atom stereocenters. The highest BCUT2D eigenvalue weighted by Gasteiger charge is 2.52. The zero-order valence-corrected chi connectivity index (χ0v) is 26.5. The molecule has 3 rings (SSSR count). The third-order valence-corrected chi connectivity index (χ3v) is 6.60. The number of carbonyl (C=O) groups excluding carboxylic acids is 5. The molecule has 2 aromatic carbocycles. The third-order valence-electron chi connectivity index (χ3n) is 6.60. The van der Waals surface area contributed by atoms with Crippen LogP contribution in [0.1, 0.15) is 43.6 Å². The molecule has 0 bridgehead atoms. The van der Waals surface area contributed by atoms with Crippen molar-refractivity contribution in [3.05, 3.63) is 53.6 Å². The maximum Gasteiger partial charge on any atom is 0.303 e. The van der Waals surface area contributed by atoms with Gasteiger partial charge in [-0.2, -0.15) is 0 Å². The number of nitrogens with one attached hydrogen (secondary N) is 1. The number of ketones is 1. The fourth-order valence-corrected chi connectivity index (χ4v) is 4.67. The van der Waals surface area contributed by atoms with Gasteiger partial charge >= 0.3 is 17.9 Å². The molecule has 0 aromatic heterocycles. The van der Waals surface area contributed by atoms with Crippen LogP contribution in [0.2, 0.25) is 0 Å². The summed E-state index contributed by atoms with van der Waals surface area (Å²) in [6.45, 7) is 4.20. The molecule has 0 unspecified atom stereocenters. The number of esters is 3. The molecular formula is C32H37NO13. The van der Waals surface area contributed by atoms with Gasteiger partial charge in [0.2, 0.25) is 12.2 Å². The van der Waals surface area contributed by atoms with Gasteiger partial charge in [0.1, 0.15) is 47.3 Å². The molecule has 0 spiro atoms. The largest absolute Gasteiger partial charge is 0.497 e. The lowest BCUT2D eigenvalue weighted by Gasteiger charge is -2.44. The van der Waals surface area contributed by atoms with E-state index in [2.05, 4.69) is 5.32 Å². The predicted octanol–water partition coefficient (Wildman–Crippen LogP) is 2.64. The SMILES string of the molecule is COc1ccc(C=CC(=O)c2c(OC)cc(OC)cc2O[C@@H]2O[C@H](COC(C)=O)[C@@H](OC(C)=O)[C@H](OC(C)=O)[C@H]2NC(C)=O)cc1. The van der Waals surface area contributed by atoms with Crippen LogP contribution in [0.25, 0.3) is 6.08 Å². The summed E-state index contributed by atoms with van der Waals surface area (Å²) in [5.74, 6) is -2.38. The van der Waals surface area contributed by atoms with Crippen molar-refractivity contribution >= 4 is 35.7 Å². The van der Waals surface area contributed by atoms with Crippen LogP contribution in [0.5, 0.6) is 23.0 Å². The van der Waals surface area contributed by atoms with Gasteiger partial charge in [-0.3, -0.25) is 24.0 Å². The molecule has 1 heterocycles. The lowest BCUT2D eigenvalue weighted by atomic mass is 9.96. The smallest absolute Gasteiger partial charge is 0.303 e. The van der Waals surface area contributed by atoms with Crippen molar-refractivity contribution in [2.45, 2.75) is 58.3 Å². The number of rotatable bonds is 13. The Balaban J connectivity index is 2.12. The number of carbonyl (C=O) groups is 5. The van der Waals surface area contributed by atoms with Gasteiger partial charge in [-0.15, -0.1) is 0 Å². The summed E-state index contributed by atoms with van der Waals surface area (Å²) in [4.78, 5) is 62.0. The Morgan fingerprint density at radius 2 is 1.39 bits per heavy atom. The summed E-state index contributed by atoms with van der Waals surface area (Å²) >= 11 is 0. The normalized spacial score (nSPS) is 20.6. The Hall–Kier alpha value is -5.11. The van der Waals surface area contributed by atoms with Crippen molar-refractivity contribution in [1.29, 1.82) is 0 Å². The second-order valence-electron chi connectivity index (χ2n) is 10.0. The van der Waals surface area contributed by atoms with Crippen molar-refractivity contribution in [3.63, 3.8) is 0 Å². The van der Waals surface area contributed by atoms with Crippen molar-refractivity contribution in [2.75, 3.05) is 27.9 Å². The van der Waals surface area contributed by atoms with Gasteiger partial charge < -0.3 is 43.2 Å². The highest BCUT2D eigenvalue weighted by molar-refractivity contribution is 6.10. The molecule has 0 radical (unpaired) electrons. The van der Waals surface area contributed by atoms with E-state index in [-0.39, 0.29) is 22.8 Å². The predicted molar refractivity (Wildman–Crippen MR) is 161 cm³/mol. The molecule has 2 aromatic rings. The number of ether oxygens (including phenoxy) is 8. The zero-order valence-electron chi connectivity index (χ0n) is 26.5. The Morgan fingerprint density at radius 3 is 1.93 bits per heavy atom. The fraction of sp³-hybridized carbons (Fsp3) is 0.406. The van der Waals surface area contributed by atoms with Crippen LogP contribution in [0.4, 0.5) is 0 Å². The third kappa shape index (κ3) is 9.44. The number of allylic oxidation sites excluding steroid dienone is 1. The minimum atomic E-state index is -1.49. The number of methoxy groups -OCH3 is 3. The van der Waals surface area contributed by atoms with E-state index in [1.807, 2.05) is 0 Å². The minimum absolute atomic E-state index is 0.0269. The molecule has 0 aliphatic carbocycles. The Morgan fingerprint density at radius 1 is 0.783 bits per heavy atom. The van der Waals surface area contributed by atoms with E-state index in [0.717, 1.165) is 13.8 Å². The summed E-state index contributed by atoms with van der Waals surface area (Å²) in [7, 11) is 4.30. The van der Waals surface area contributed by atoms with Crippen LogP contribution < -0.4 is 24.3 Å². The van der Waals surface area contributed by atoms with Crippen LogP contribution in [0.3, 0.4) is 0 Å². The molecule has 46 heavy (non-hydrogen) atoms. The first-order valence-corrected chi connectivity index (χ1v) is 14.1. The van der Waals surface area contributed by atoms with Crippen molar-refractivity contribution < 1.29 is 61.9 Å². The number of hydrogen-bond donors (Lipinski definition) is 1. The molecule has 1 saturated heterocycles. The molecule has 1 amide bonds. The van der Waals surface area contributed by atoms with E-state index in [9.17, 15) is 24.0 Å². The van der Waals surface area contributed by atoms with E-state index in [4.69, 9.17) is 37.9 Å². The lowest BCUT2D eigenvalue weighted by molar-refractivity contribution is -0.257. The standard InChI is InChI=1S/C32H37NO13/c1-17(34)33-29-31(44-20(4)37)30(43-19(3)36)27(16-42-18(2)35)46-32(29)45-26-15-23(40-6)14-25(41-7)28(26)24(38)13-10-21-8-11-22(39-5)12-9-21/h8-15,27,29-32H,16H2,1-7H3,(H,33,34)/t27-,29-,30-,31-,32-/m1/s1. The molecule has 0 saturated carbocycles. The summed E-state index contributed by atoms with van der Waals surface area (Å²) in [5, 5.41) is 2.62. The fourth-order valence-electron chi connectivity index (χ4n) is 4.67. The van der Waals surface area contributed by atoms with E-state index >= 15 is 0 Å². The summed E-state index contributed by atoms with van der Waals surface area (Å²) in [6, 6.07) is 8.61. The number of amides is 1. The lowest BCUT2D eigenvalue weighted by Crippen LogP contribution is -2.67. The van der Waals surface area contributed by atoms with Gasteiger partial charge in [-0.1, -0.05) is 18.2 Å². The molecule has 248 valence electrons. The van der Waals surface area contributed by atoms with Gasteiger partial charge in [0, 0.05) is 39.8 Å². The van der Waals surface area contributed by atoms with Crippen LogP contribution in [-0.2, 0) is 38.1 Å². The van der Waals surface area contributed by atoms with Crippen molar-refractivity contribution in [1.82, 2.24) is 5.32 Å². The molecule has 1 N–H and O–H groups in total. The number of benzene rings is 2. The van der Waals surface area contributed by atoms with Gasteiger partial charge in [-0.25, -0.2) is 0 Å². The van der Waals surface area contributed by atoms with Gasteiger partial charge in [0.05, 0.1) is 21.3 Å². The quantitative estimate of drug-likeness (QED) is 0.146. The Bertz CT molecular complexity index is 1450. The highest BCUT2D eigenvalue weighted by atomic mass is 16.7. The molecule has 14 nitrogen and oxygen atoms in total. The molecule has 1 fully saturated rings. The van der Waals surface area contributed by atoms with Crippen LogP contribution in [-0.4, -0.2) is 88.2 Å². The number of hydrogen-bond acceptors (Lipinski definition) is 13. The first kappa shape index (κ1) is 35.4. The van der Waals surface area contributed by atoms with Crippen LogP contribution in [0, 0.1) is 0 Å². The van der Waals surface area contributed by atoms with Crippen molar-refractivity contribution in [2.24, 2.45) is 0 Å². The molecule has 1 aliphatic heterocycles. The molecule has 1 aliphatic rings. The van der Waals surface area contributed by atoms with Crippen LogP contribution in [0.15, 0.2) is 42.5 Å². The molecule has 14 heteroatoms. The van der Waals surface area contributed by atoms with Gasteiger partial charge in [0.25, 0.3) is 0 Å². The van der Waals surface area contributed by atoms with E-state index in [1.165, 1.54) is 46.3 Å². The minimum Gasteiger partial charge on any atom is -0.497 e. The van der Waals surface area contributed by atoms with Crippen LogP contribution >= 0.6 is 0 Å². The van der Waals surface area contributed by atoms with E-state index in [0.29, 0.717) is 11.3 Å². The van der Waals surface area contributed by atoms with E-state index < -0.39 is 66.8 Å². The Kier molecular flexibility index (Phi) is 12.5. The molecular weight excluding hydrogens is 606 g/mol. The summed E-state index contributed by atoms with van der Waals surface area (Å²) in [6.07, 6.45) is -2.52. The summed E-state index contributed by atoms with van der Waals surface area (Å²) < 4.78 is 44.5. The first-order chi connectivity index (χ1) is 21.9. The monoisotopic (exact) mass is 643 g/mol. The van der Waals surface area contributed by atoms with Gasteiger partial charge in [0.15, 0.2) is 18.0 Å². The second kappa shape index (κ2) is 16.3. The van der Waals surface area contributed by atoms with E-state index in [1.54, 1.807) is 37.5 Å². The Labute approximate surface area is 265 Å². The average molecular weight is 644 g/mol.